The van der Waals surface area contributed by atoms with Gasteiger partial charge in [0.2, 0.25) is 0 Å². The van der Waals surface area contributed by atoms with Gasteiger partial charge in [-0.1, -0.05) is 0 Å². The van der Waals surface area contributed by atoms with E-state index in [4.69, 9.17) is 0 Å². The number of rotatable bonds is 6. The first-order valence-corrected chi connectivity index (χ1v) is 5.67. The van der Waals surface area contributed by atoms with Crippen molar-refractivity contribution in [3.8, 4) is 0 Å². The number of aromatic amines is 1. The third kappa shape index (κ3) is 3.04. The van der Waals surface area contributed by atoms with Gasteiger partial charge < -0.3 is 10.2 Å². The fraction of sp³-hybridized carbons (Fsp3) is 0.727. The highest BCUT2D eigenvalue weighted by atomic mass is 15.2. The zero-order valence-corrected chi connectivity index (χ0v) is 9.58. The Hall–Kier alpha value is -0.870. The van der Waals surface area contributed by atoms with Crippen LogP contribution >= 0.6 is 0 Å². The SMILES string of the molecule is Cc1[nH]ncc1CNCCN(C)C1CC1. The van der Waals surface area contributed by atoms with Gasteiger partial charge in [0.15, 0.2) is 0 Å². The molecule has 4 heteroatoms. The van der Waals surface area contributed by atoms with Crippen molar-refractivity contribution in [1.82, 2.24) is 20.4 Å². The molecule has 1 aromatic heterocycles. The van der Waals surface area contributed by atoms with Gasteiger partial charge in [-0.25, -0.2) is 0 Å². The monoisotopic (exact) mass is 208 g/mol. The smallest absolute Gasteiger partial charge is 0.0535 e. The van der Waals surface area contributed by atoms with Crippen LogP contribution in [0.5, 0.6) is 0 Å². The predicted octanol–water partition coefficient (Wildman–Crippen LogP) is 0.902. The highest BCUT2D eigenvalue weighted by Gasteiger charge is 2.25. The van der Waals surface area contributed by atoms with Crippen molar-refractivity contribution in [3.63, 3.8) is 0 Å². The molecule has 1 fully saturated rings. The lowest BCUT2D eigenvalue weighted by Crippen LogP contribution is -2.30. The molecule has 0 saturated heterocycles. The summed E-state index contributed by atoms with van der Waals surface area (Å²) in [4.78, 5) is 2.44. The van der Waals surface area contributed by atoms with Gasteiger partial charge in [0.1, 0.15) is 0 Å². The van der Waals surface area contributed by atoms with Gasteiger partial charge in [0, 0.05) is 36.9 Å². The summed E-state index contributed by atoms with van der Waals surface area (Å²) in [5.74, 6) is 0. The fourth-order valence-corrected chi connectivity index (χ4v) is 1.73. The average molecular weight is 208 g/mol. The van der Waals surface area contributed by atoms with Crippen molar-refractivity contribution in [2.75, 3.05) is 20.1 Å². The number of nitrogens with one attached hydrogen (secondary N) is 2. The number of H-pyrrole nitrogens is 1. The summed E-state index contributed by atoms with van der Waals surface area (Å²) in [7, 11) is 2.21. The van der Waals surface area contributed by atoms with Crippen LogP contribution in [0.25, 0.3) is 0 Å². The van der Waals surface area contributed by atoms with Crippen LogP contribution in [-0.4, -0.2) is 41.3 Å². The molecular weight excluding hydrogens is 188 g/mol. The van der Waals surface area contributed by atoms with Crippen LogP contribution < -0.4 is 5.32 Å². The maximum absolute atomic E-state index is 4.00. The van der Waals surface area contributed by atoms with E-state index in [2.05, 4.69) is 34.4 Å². The Labute approximate surface area is 91.1 Å². The fourth-order valence-electron chi connectivity index (χ4n) is 1.73. The Morgan fingerprint density at radius 3 is 3.00 bits per heavy atom. The maximum Gasteiger partial charge on any atom is 0.0535 e. The lowest BCUT2D eigenvalue weighted by molar-refractivity contribution is 0.321. The van der Waals surface area contributed by atoms with Crippen LogP contribution in [-0.2, 0) is 6.54 Å². The van der Waals surface area contributed by atoms with E-state index in [0.29, 0.717) is 0 Å². The summed E-state index contributed by atoms with van der Waals surface area (Å²) < 4.78 is 0. The molecule has 15 heavy (non-hydrogen) atoms. The van der Waals surface area contributed by atoms with E-state index in [1.807, 2.05) is 6.20 Å². The van der Waals surface area contributed by atoms with E-state index >= 15 is 0 Å². The van der Waals surface area contributed by atoms with Gasteiger partial charge in [0.05, 0.1) is 6.20 Å². The zero-order chi connectivity index (χ0) is 10.7. The molecule has 1 aliphatic carbocycles. The van der Waals surface area contributed by atoms with E-state index in [1.165, 1.54) is 18.4 Å². The first-order chi connectivity index (χ1) is 7.27. The van der Waals surface area contributed by atoms with Crippen LogP contribution in [0.3, 0.4) is 0 Å². The molecule has 4 nitrogen and oxygen atoms in total. The van der Waals surface area contributed by atoms with Crippen molar-refractivity contribution in [2.45, 2.75) is 32.4 Å². The zero-order valence-electron chi connectivity index (χ0n) is 9.58. The van der Waals surface area contributed by atoms with Gasteiger partial charge in [-0.05, 0) is 26.8 Å². The second-order valence-corrected chi connectivity index (χ2v) is 4.41. The number of nitrogens with zero attached hydrogens (tertiary/aromatic N) is 2. The molecular formula is C11H20N4. The molecule has 0 radical (unpaired) electrons. The third-order valence-electron chi connectivity index (χ3n) is 3.06. The summed E-state index contributed by atoms with van der Waals surface area (Å²) >= 11 is 0. The van der Waals surface area contributed by atoms with Crippen molar-refractivity contribution in [2.24, 2.45) is 0 Å². The van der Waals surface area contributed by atoms with Crippen LogP contribution in [0, 0.1) is 6.92 Å². The molecule has 0 aromatic carbocycles. The third-order valence-corrected chi connectivity index (χ3v) is 3.06. The number of hydrogen-bond acceptors (Lipinski definition) is 3. The molecule has 1 heterocycles. The lowest BCUT2D eigenvalue weighted by Gasteiger charge is -2.15. The Morgan fingerprint density at radius 1 is 1.60 bits per heavy atom. The summed E-state index contributed by atoms with van der Waals surface area (Å²) in [5.41, 5.74) is 2.43. The molecule has 1 aromatic rings. The minimum absolute atomic E-state index is 0.863. The Morgan fingerprint density at radius 2 is 2.40 bits per heavy atom. The van der Waals surface area contributed by atoms with Crippen LogP contribution in [0.2, 0.25) is 0 Å². The second kappa shape index (κ2) is 4.77. The van der Waals surface area contributed by atoms with Crippen molar-refractivity contribution >= 4 is 0 Å². The minimum atomic E-state index is 0.863. The summed E-state index contributed by atoms with van der Waals surface area (Å²) in [6.07, 6.45) is 4.67. The van der Waals surface area contributed by atoms with E-state index in [-0.39, 0.29) is 0 Å². The van der Waals surface area contributed by atoms with E-state index in [9.17, 15) is 0 Å². The molecule has 84 valence electrons. The highest BCUT2D eigenvalue weighted by Crippen LogP contribution is 2.24. The Bertz CT molecular complexity index is 303. The quantitative estimate of drug-likeness (QED) is 0.683. The Kier molecular flexibility index (Phi) is 3.38. The van der Waals surface area contributed by atoms with Crippen LogP contribution in [0.15, 0.2) is 6.20 Å². The largest absolute Gasteiger partial charge is 0.311 e. The second-order valence-electron chi connectivity index (χ2n) is 4.41. The van der Waals surface area contributed by atoms with E-state index < -0.39 is 0 Å². The van der Waals surface area contributed by atoms with Gasteiger partial charge in [0.25, 0.3) is 0 Å². The van der Waals surface area contributed by atoms with Gasteiger partial charge >= 0.3 is 0 Å². The van der Waals surface area contributed by atoms with Crippen LogP contribution in [0.4, 0.5) is 0 Å². The lowest BCUT2D eigenvalue weighted by atomic mass is 10.2. The average Bonchev–Trinajstić information content (AvgIpc) is 2.99. The molecule has 0 amide bonds. The normalized spacial score (nSPS) is 16.2. The first kappa shape index (κ1) is 10.6. The number of aryl methyl sites for hydroxylation is 1. The summed E-state index contributed by atoms with van der Waals surface area (Å²) in [6, 6.07) is 0.863. The van der Waals surface area contributed by atoms with E-state index in [0.717, 1.165) is 31.4 Å². The minimum Gasteiger partial charge on any atom is -0.311 e. The number of likely N-dealkylation sites (N-methyl/N-ethyl adjacent to an activating group) is 1. The van der Waals surface area contributed by atoms with Crippen molar-refractivity contribution < 1.29 is 0 Å². The van der Waals surface area contributed by atoms with E-state index in [1.54, 1.807) is 0 Å². The van der Waals surface area contributed by atoms with Crippen molar-refractivity contribution in [3.05, 3.63) is 17.5 Å². The molecule has 0 aliphatic heterocycles. The molecule has 0 spiro atoms. The standard InChI is InChI=1S/C11H20N4/c1-9-10(8-13-14-9)7-12-5-6-15(2)11-3-4-11/h8,11-12H,3-7H2,1-2H3,(H,13,14). The molecule has 0 bridgehead atoms. The number of aromatic nitrogens is 2. The van der Waals surface area contributed by atoms with Gasteiger partial charge in [-0.15, -0.1) is 0 Å². The molecule has 2 N–H and O–H groups in total. The van der Waals surface area contributed by atoms with Gasteiger partial charge in [-0.2, -0.15) is 5.10 Å². The predicted molar refractivity (Wildman–Crippen MR) is 60.7 cm³/mol. The first-order valence-electron chi connectivity index (χ1n) is 5.67. The maximum atomic E-state index is 4.00. The topological polar surface area (TPSA) is 44.0 Å². The van der Waals surface area contributed by atoms with Crippen molar-refractivity contribution in [1.29, 1.82) is 0 Å². The Balaban J connectivity index is 1.60. The van der Waals surface area contributed by atoms with Gasteiger partial charge in [-0.3, -0.25) is 5.10 Å². The van der Waals surface area contributed by atoms with Crippen LogP contribution in [0.1, 0.15) is 24.1 Å². The summed E-state index contributed by atoms with van der Waals surface area (Å²) in [5, 5.41) is 10.4. The molecule has 0 unspecified atom stereocenters. The highest BCUT2D eigenvalue weighted by molar-refractivity contribution is 5.13. The molecule has 2 rings (SSSR count). The summed E-state index contributed by atoms with van der Waals surface area (Å²) in [6.45, 7) is 5.17. The number of hydrogen-bond donors (Lipinski definition) is 2. The molecule has 1 saturated carbocycles. The molecule has 1 aliphatic rings. The molecule has 0 atom stereocenters.